The smallest absolute Gasteiger partial charge is 0.149 e. The fourth-order valence-electron chi connectivity index (χ4n) is 1.78. The van der Waals surface area contributed by atoms with Gasteiger partial charge in [-0.1, -0.05) is 12.1 Å². The van der Waals surface area contributed by atoms with E-state index in [1.807, 2.05) is 36.2 Å². The number of rotatable bonds is 3. The topological polar surface area (TPSA) is 92.0 Å². The molecule has 0 amide bonds. The molecule has 2 rings (SSSR count). The molecule has 1 aromatic carbocycles. The van der Waals surface area contributed by atoms with Crippen LogP contribution in [0.5, 0.6) is 0 Å². The van der Waals surface area contributed by atoms with Gasteiger partial charge in [0.05, 0.1) is 17.3 Å². The molecule has 0 saturated heterocycles. The van der Waals surface area contributed by atoms with Crippen LogP contribution >= 0.6 is 0 Å². The molecule has 1 aromatic heterocycles. The largest absolute Gasteiger partial charge is 0.396 e. The van der Waals surface area contributed by atoms with E-state index in [1.54, 1.807) is 12.1 Å². The Bertz CT molecular complexity index is 630. The lowest BCUT2D eigenvalue weighted by Gasteiger charge is -2.19. The van der Waals surface area contributed by atoms with Gasteiger partial charge in [-0.3, -0.25) is 0 Å². The Hall–Kier alpha value is -2.74. The van der Waals surface area contributed by atoms with Crippen molar-refractivity contribution in [2.75, 3.05) is 23.4 Å². The maximum Gasteiger partial charge on any atom is 0.149 e. The number of aromatic nitrogens is 1. The average molecular weight is 253 g/mol. The predicted octanol–water partition coefficient (Wildman–Crippen LogP) is 1.75. The Morgan fingerprint density at radius 2 is 2.05 bits per heavy atom. The molecule has 0 atom stereocenters. The van der Waals surface area contributed by atoms with Crippen molar-refractivity contribution >= 4 is 17.3 Å². The number of nitrogens with zero attached hydrogens (tertiary/aromatic N) is 3. The van der Waals surface area contributed by atoms with E-state index in [0.29, 0.717) is 23.6 Å². The number of pyridine rings is 1. The molecule has 0 spiro atoms. The third-order valence-electron chi connectivity index (χ3n) is 2.81. The van der Waals surface area contributed by atoms with Gasteiger partial charge in [-0.05, 0) is 29.8 Å². The monoisotopic (exact) mass is 253 g/mol. The van der Waals surface area contributed by atoms with Crippen molar-refractivity contribution in [1.82, 2.24) is 4.98 Å². The minimum atomic E-state index is 0.329. The van der Waals surface area contributed by atoms with E-state index in [0.717, 1.165) is 11.4 Å². The zero-order valence-electron chi connectivity index (χ0n) is 10.7. The second kappa shape index (κ2) is 5.27. The Kier molecular flexibility index (Phi) is 3.53. The van der Waals surface area contributed by atoms with E-state index in [9.17, 15) is 0 Å². The van der Waals surface area contributed by atoms with Crippen LogP contribution in [-0.4, -0.2) is 12.0 Å². The van der Waals surface area contributed by atoms with Crippen LogP contribution in [0.25, 0.3) is 0 Å². The standard InChI is InChI=1S/C14H15N5/c1-19(13-6-5-12(16)14(17)18-13)9-11-4-2-3-10(7-11)8-15/h2-7H,9,16H2,1H3,(H2,17,18). The summed E-state index contributed by atoms with van der Waals surface area (Å²) in [5.74, 6) is 1.07. The van der Waals surface area contributed by atoms with Crippen molar-refractivity contribution in [3.05, 3.63) is 47.5 Å². The molecule has 19 heavy (non-hydrogen) atoms. The Morgan fingerprint density at radius 3 is 2.74 bits per heavy atom. The highest BCUT2D eigenvalue weighted by atomic mass is 15.2. The lowest BCUT2D eigenvalue weighted by atomic mass is 10.1. The van der Waals surface area contributed by atoms with Gasteiger partial charge in [-0.15, -0.1) is 0 Å². The Balaban J connectivity index is 2.18. The Labute approximate surface area is 112 Å². The first-order valence-corrected chi connectivity index (χ1v) is 5.82. The van der Waals surface area contributed by atoms with Crippen LogP contribution in [-0.2, 0) is 6.54 Å². The van der Waals surface area contributed by atoms with E-state index in [2.05, 4.69) is 11.1 Å². The number of hydrogen-bond acceptors (Lipinski definition) is 5. The predicted molar refractivity (Wildman–Crippen MR) is 76.3 cm³/mol. The highest BCUT2D eigenvalue weighted by Crippen LogP contribution is 2.19. The first-order valence-electron chi connectivity index (χ1n) is 5.82. The van der Waals surface area contributed by atoms with E-state index in [4.69, 9.17) is 16.7 Å². The molecule has 0 radical (unpaired) electrons. The summed E-state index contributed by atoms with van der Waals surface area (Å²) < 4.78 is 0. The summed E-state index contributed by atoms with van der Waals surface area (Å²) in [6.07, 6.45) is 0. The summed E-state index contributed by atoms with van der Waals surface area (Å²) in [6, 6.07) is 13.2. The molecule has 0 aliphatic heterocycles. The quantitative estimate of drug-likeness (QED) is 0.869. The molecule has 5 heteroatoms. The Morgan fingerprint density at radius 1 is 1.26 bits per heavy atom. The zero-order chi connectivity index (χ0) is 13.8. The maximum absolute atomic E-state index is 8.87. The van der Waals surface area contributed by atoms with Gasteiger partial charge in [0.1, 0.15) is 11.6 Å². The van der Waals surface area contributed by atoms with E-state index in [1.165, 1.54) is 0 Å². The first-order chi connectivity index (χ1) is 9.10. The lowest BCUT2D eigenvalue weighted by molar-refractivity contribution is 0.899. The van der Waals surface area contributed by atoms with Gasteiger partial charge in [-0.2, -0.15) is 5.26 Å². The number of nitrogen functional groups attached to an aromatic ring is 2. The minimum Gasteiger partial charge on any atom is -0.396 e. The summed E-state index contributed by atoms with van der Waals surface area (Å²) in [7, 11) is 1.91. The van der Waals surface area contributed by atoms with Gasteiger partial charge in [0.2, 0.25) is 0 Å². The number of benzene rings is 1. The first kappa shape index (κ1) is 12.7. The van der Waals surface area contributed by atoms with Gasteiger partial charge < -0.3 is 16.4 Å². The van der Waals surface area contributed by atoms with Gasteiger partial charge >= 0.3 is 0 Å². The summed E-state index contributed by atoms with van der Waals surface area (Å²) in [4.78, 5) is 6.18. The maximum atomic E-state index is 8.87. The molecular formula is C14H15N5. The van der Waals surface area contributed by atoms with Gasteiger partial charge in [0.15, 0.2) is 0 Å². The van der Waals surface area contributed by atoms with E-state index in [-0.39, 0.29) is 0 Å². The lowest BCUT2D eigenvalue weighted by Crippen LogP contribution is -2.18. The van der Waals surface area contributed by atoms with Gasteiger partial charge in [-0.25, -0.2) is 4.98 Å². The van der Waals surface area contributed by atoms with Crippen LogP contribution in [0.4, 0.5) is 17.3 Å². The number of anilines is 3. The van der Waals surface area contributed by atoms with Crippen molar-refractivity contribution in [2.45, 2.75) is 6.54 Å². The highest BCUT2D eigenvalue weighted by Gasteiger charge is 2.06. The molecule has 1 heterocycles. The summed E-state index contributed by atoms with van der Waals surface area (Å²) in [6.45, 7) is 0.645. The summed E-state index contributed by atoms with van der Waals surface area (Å²) >= 11 is 0. The molecule has 0 saturated carbocycles. The van der Waals surface area contributed by atoms with Crippen LogP contribution in [0.1, 0.15) is 11.1 Å². The molecule has 0 aliphatic rings. The second-order valence-corrected chi connectivity index (χ2v) is 4.31. The van der Waals surface area contributed by atoms with E-state index < -0.39 is 0 Å². The molecular weight excluding hydrogens is 238 g/mol. The molecule has 96 valence electrons. The van der Waals surface area contributed by atoms with Crippen molar-refractivity contribution < 1.29 is 0 Å². The third kappa shape index (κ3) is 2.93. The summed E-state index contributed by atoms with van der Waals surface area (Å²) in [5, 5.41) is 8.87. The average Bonchev–Trinajstić information content (AvgIpc) is 2.42. The molecule has 5 nitrogen and oxygen atoms in total. The fraction of sp³-hybridized carbons (Fsp3) is 0.143. The van der Waals surface area contributed by atoms with Crippen LogP contribution in [0.15, 0.2) is 36.4 Å². The third-order valence-corrected chi connectivity index (χ3v) is 2.81. The van der Waals surface area contributed by atoms with Crippen molar-refractivity contribution in [2.24, 2.45) is 0 Å². The molecule has 2 aromatic rings. The van der Waals surface area contributed by atoms with Crippen LogP contribution < -0.4 is 16.4 Å². The fourth-order valence-corrected chi connectivity index (χ4v) is 1.78. The SMILES string of the molecule is CN(Cc1cccc(C#N)c1)c1ccc(N)c(N)n1. The van der Waals surface area contributed by atoms with Crippen LogP contribution in [0.3, 0.4) is 0 Å². The normalized spacial score (nSPS) is 9.89. The van der Waals surface area contributed by atoms with Crippen molar-refractivity contribution in [1.29, 1.82) is 5.26 Å². The molecule has 0 aliphatic carbocycles. The zero-order valence-corrected chi connectivity index (χ0v) is 10.7. The number of nitrogens with two attached hydrogens (primary N) is 2. The molecule has 4 N–H and O–H groups in total. The van der Waals surface area contributed by atoms with E-state index >= 15 is 0 Å². The summed E-state index contributed by atoms with van der Waals surface area (Å²) in [5.41, 5.74) is 13.5. The second-order valence-electron chi connectivity index (χ2n) is 4.31. The number of hydrogen-bond donors (Lipinski definition) is 2. The molecule has 0 unspecified atom stereocenters. The van der Waals surface area contributed by atoms with Crippen LogP contribution in [0.2, 0.25) is 0 Å². The van der Waals surface area contributed by atoms with Crippen molar-refractivity contribution in [3.63, 3.8) is 0 Å². The molecule has 0 bridgehead atoms. The minimum absolute atomic E-state index is 0.329. The van der Waals surface area contributed by atoms with Gasteiger partial charge in [0.25, 0.3) is 0 Å². The highest BCUT2D eigenvalue weighted by molar-refractivity contribution is 5.62. The van der Waals surface area contributed by atoms with Crippen molar-refractivity contribution in [3.8, 4) is 6.07 Å². The molecule has 0 fully saturated rings. The number of nitriles is 1. The van der Waals surface area contributed by atoms with Crippen LogP contribution in [0, 0.1) is 11.3 Å². The van der Waals surface area contributed by atoms with Gasteiger partial charge in [0, 0.05) is 13.6 Å².